The Balaban J connectivity index is 1.88. The summed E-state index contributed by atoms with van der Waals surface area (Å²) in [5, 5.41) is 5.16. The molecule has 0 radical (unpaired) electrons. The van der Waals surface area contributed by atoms with Crippen LogP contribution in [0.3, 0.4) is 0 Å². The summed E-state index contributed by atoms with van der Waals surface area (Å²) < 4.78 is 0. The average Bonchev–Trinajstić information content (AvgIpc) is 3.01. The minimum atomic E-state index is -0.578. The van der Waals surface area contributed by atoms with Crippen LogP contribution >= 0.6 is 0 Å². The van der Waals surface area contributed by atoms with E-state index in [1.807, 2.05) is 39.0 Å². The Morgan fingerprint density at radius 3 is 1.37 bits per heavy atom. The van der Waals surface area contributed by atoms with Gasteiger partial charge in [0.15, 0.2) is 0 Å². The number of pyridine rings is 1. The number of nitrogens with one attached hydrogen (secondary N) is 1. The summed E-state index contributed by atoms with van der Waals surface area (Å²) in [5.41, 5.74) is 8.22. The Kier molecular flexibility index (Phi) is 6.94. The fourth-order valence-electron chi connectivity index (χ4n) is 5.41. The van der Waals surface area contributed by atoms with Gasteiger partial charge in [0.1, 0.15) is 5.82 Å². The fourth-order valence-corrected chi connectivity index (χ4v) is 5.41. The maximum Gasteiger partial charge on any atom is 0.230 e. The van der Waals surface area contributed by atoms with Crippen LogP contribution in [0.2, 0.25) is 0 Å². The Morgan fingerprint density at radius 2 is 0.927 bits per heavy atom. The largest absolute Gasteiger partial charge is 0.310 e. The number of hydrogen-bond acceptors (Lipinski definition) is 2. The number of benzene rings is 5. The van der Waals surface area contributed by atoms with E-state index in [0.29, 0.717) is 5.82 Å². The monoisotopic (exact) mass is 532 g/mol. The second-order valence-electron chi connectivity index (χ2n) is 11.3. The highest BCUT2D eigenvalue weighted by Gasteiger charge is 2.28. The molecule has 0 fully saturated rings. The number of aromatic nitrogens is 1. The third-order valence-corrected chi connectivity index (χ3v) is 7.38. The van der Waals surface area contributed by atoms with Crippen LogP contribution < -0.4 is 5.32 Å². The number of rotatable bonds is 5. The number of anilines is 1. The quantitative estimate of drug-likeness (QED) is 0.240. The van der Waals surface area contributed by atoms with Crippen LogP contribution in [0.15, 0.2) is 134 Å². The van der Waals surface area contributed by atoms with Gasteiger partial charge in [-0.25, -0.2) is 4.98 Å². The summed E-state index contributed by atoms with van der Waals surface area (Å²) in [6.45, 7) is 5.76. The topological polar surface area (TPSA) is 42.0 Å². The Morgan fingerprint density at radius 1 is 0.537 bits per heavy atom. The van der Waals surface area contributed by atoms with Crippen molar-refractivity contribution in [3.05, 3.63) is 134 Å². The summed E-state index contributed by atoms with van der Waals surface area (Å²) in [6.07, 6.45) is 1.80. The van der Waals surface area contributed by atoms with E-state index in [0.717, 1.165) is 55.3 Å². The highest BCUT2D eigenvalue weighted by atomic mass is 16.2. The molecule has 5 aromatic carbocycles. The van der Waals surface area contributed by atoms with Crippen molar-refractivity contribution in [1.29, 1.82) is 0 Å². The predicted molar refractivity (Wildman–Crippen MR) is 172 cm³/mol. The van der Waals surface area contributed by atoms with E-state index >= 15 is 0 Å². The molecule has 1 aromatic heterocycles. The van der Waals surface area contributed by atoms with Crippen LogP contribution in [0, 0.1) is 5.41 Å². The molecule has 3 heteroatoms. The molecule has 0 aliphatic carbocycles. The van der Waals surface area contributed by atoms with Crippen molar-refractivity contribution in [2.75, 3.05) is 5.32 Å². The SMILES string of the molecule is CC(C)(C)C(=O)Nc1nccc2c(-c3ccccc3)c(-c3ccccc3)c(-c3ccccc3)c(-c3ccccc3)c12. The van der Waals surface area contributed by atoms with Gasteiger partial charge in [-0.05, 0) is 50.4 Å². The van der Waals surface area contributed by atoms with Gasteiger partial charge < -0.3 is 5.32 Å². The molecular weight excluding hydrogens is 500 g/mol. The molecule has 6 aromatic rings. The maximum atomic E-state index is 13.4. The number of nitrogens with zero attached hydrogens (tertiary/aromatic N) is 1. The second-order valence-corrected chi connectivity index (χ2v) is 11.3. The first-order valence-electron chi connectivity index (χ1n) is 14.0. The predicted octanol–water partition coefficient (Wildman–Crippen LogP) is 9.89. The average molecular weight is 533 g/mol. The summed E-state index contributed by atoms with van der Waals surface area (Å²) in [5.74, 6) is 0.487. The molecule has 0 saturated heterocycles. The first-order valence-corrected chi connectivity index (χ1v) is 14.0. The molecule has 41 heavy (non-hydrogen) atoms. The summed E-state index contributed by atoms with van der Waals surface area (Å²) in [7, 11) is 0. The van der Waals surface area contributed by atoms with Crippen LogP contribution in [0.5, 0.6) is 0 Å². The minimum Gasteiger partial charge on any atom is -0.310 e. The van der Waals surface area contributed by atoms with E-state index in [2.05, 4.69) is 115 Å². The minimum absolute atomic E-state index is 0.0776. The number of carbonyl (C=O) groups excluding carboxylic acids is 1. The number of amides is 1. The van der Waals surface area contributed by atoms with Gasteiger partial charge in [0.2, 0.25) is 5.91 Å². The van der Waals surface area contributed by atoms with E-state index in [-0.39, 0.29) is 5.91 Å². The smallest absolute Gasteiger partial charge is 0.230 e. The molecule has 0 aliphatic heterocycles. The summed E-state index contributed by atoms with van der Waals surface area (Å²) in [6, 6.07) is 44.2. The molecular formula is C38H32N2O. The molecule has 0 unspecified atom stereocenters. The summed E-state index contributed by atoms with van der Waals surface area (Å²) >= 11 is 0. The molecule has 0 bridgehead atoms. The van der Waals surface area contributed by atoms with Gasteiger partial charge in [-0.15, -0.1) is 0 Å². The van der Waals surface area contributed by atoms with Gasteiger partial charge in [-0.2, -0.15) is 0 Å². The van der Waals surface area contributed by atoms with E-state index in [1.165, 1.54) is 0 Å². The first kappa shape index (κ1) is 26.2. The highest BCUT2D eigenvalue weighted by molar-refractivity contribution is 6.22. The van der Waals surface area contributed by atoms with E-state index < -0.39 is 5.41 Å². The van der Waals surface area contributed by atoms with E-state index in [1.54, 1.807) is 6.20 Å². The third-order valence-electron chi connectivity index (χ3n) is 7.38. The van der Waals surface area contributed by atoms with Gasteiger partial charge in [0.05, 0.1) is 0 Å². The van der Waals surface area contributed by atoms with Crippen molar-refractivity contribution in [3.63, 3.8) is 0 Å². The molecule has 1 heterocycles. The van der Waals surface area contributed by atoms with Crippen molar-refractivity contribution in [2.24, 2.45) is 5.41 Å². The Hall–Kier alpha value is -5.02. The van der Waals surface area contributed by atoms with Crippen LogP contribution in [0.4, 0.5) is 5.82 Å². The lowest BCUT2D eigenvalue weighted by Crippen LogP contribution is -2.28. The molecule has 0 saturated carbocycles. The second kappa shape index (κ2) is 10.9. The number of fused-ring (bicyclic) bond motifs is 1. The molecule has 0 spiro atoms. The first-order chi connectivity index (χ1) is 19.9. The van der Waals surface area contributed by atoms with Crippen LogP contribution in [0.1, 0.15) is 20.8 Å². The van der Waals surface area contributed by atoms with Crippen LogP contribution in [0.25, 0.3) is 55.3 Å². The Labute approximate surface area is 241 Å². The maximum absolute atomic E-state index is 13.4. The van der Waals surface area contributed by atoms with Crippen molar-refractivity contribution >= 4 is 22.5 Å². The zero-order valence-electron chi connectivity index (χ0n) is 23.6. The zero-order chi connectivity index (χ0) is 28.4. The molecule has 3 nitrogen and oxygen atoms in total. The third kappa shape index (κ3) is 5.03. The standard InChI is InChI=1S/C38H32N2O/c1-38(2,3)37(41)40-36-35-30(24-25-39-36)31(26-16-8-4-9-17-26)32(27-18-10-5-11-19-27)33(28-20-12-6-13-21-28)34(35)29-22-14-7-15-23-29/h4-25H,1-3H3,(H,39,40,41). The zero-order valence-corrected chi connectivity index (χ0v) is 23.6. The van der Waals surface area contributed by atoms with Crippen molar-refractivity contribution < 1.29 is 4.79 Å². The van der Waals surface area contributed by atoms with Crippen molar-refractivity contribution in [3.8, 4) is 44.5 Å². The highest BCUT2D eigenvalue weighted by Crippen LogP contribution is 2.52. The normalized spacial score (nSPS) is 11.4. The van der Waals surface area contributed by atoms with Gasteiger partial charge in [0.25, 0.3) is 0 Å². The van der Waals surface area contributed by atoms with E-state index in [4.69, 9.17) is 4.98 Å². The molecule has 0 atom stereocenters. The molecule has 1 N–H and O–H groups in total. The van der Waals surface area contributed by atoms with Gasteiger partial charge in [-0.3, -0.25) is 4.79 Å². The molecule has 0 aliphatic rings. The molecule has 6 rings (SSSR count). The van der Waals surface area contributed by atoms with Crippen molar-refractivity contribution in [1.82, 2.24) is 4.98 Å². The Bertz CT molecular complexity index is 1820. The lowest BCUT2D eigenvalue weighted by Gasteiger charge is -2.26. The summed E-state index contributed by atoms with van der Waals surface area (Å²) in [4.78, 5) is 18.2. The van der Waals surface area contributed by atoms with Gasteiger partial charge in [0, 0.05) is 22.6 Å². The fraction of sp³-hybridized carbons (Fsp3) is 0.105. The lowest BCUT2D eigenvalue weighted by atomic mass is 9.79. The lowest BCUT2D eigenvalue weighted by molar-refractivity contribution is -0.123. The van der Waals surface area contributed by atoms with Gasteiger partial charge in [-0.1, -0.05) is 142 Å². The van der Waals surface area contributed by atoms with Gasteiger partial charge >= 0.3 is 0 Å². The van der Waals surface area contributed by atoms with Crippen LogP contribution in [-0.4, -0.2) is 10.9 Å². The number of hydrogen-bond donors (Lipinski definition) is 1. The van der Waals surface area contributed by atoms with E-state index in [9.17, 15) is 4.79 Å². The molecule has 1 amide bonds. The van der Waals surface area contributed by atoms with Crippen LogP contribution in [-0.2, 0) is 4.79 Å². The molecule has 200 valence electrons. The number of carbonyl (C=O) groups is 1. The van der Waals surface area contributed by atoms with Crippen molar-refractivity contribution in [2.45, 2.75) is 20.8 Å².